The van der Waals surface area contributed by atoms with E-state index in [0.29, 0.717) is 35.6 Å². The molecule has 0 unspecified atom stereocenters. The van der Waals surface area contributed by atoms with Gasteiger partial charge in [0, 0.05) is 30.5 Å². The van der Waals surface area contributed by atoms with Gasteiger partial charge in [-0.3, -0.25) is 0 Å². The highest BCUT2D eigenvalue weighted by atomic mass is 32.2. The van der Waals surface area contributed by atoms with Crippen LogP contribution in [0.1, 0.15) is 31.4 Å². The first kappa shape index (κ1) is 26.7. The number of nitrogens with one attached hydrogen (secondary N) is 3. The highest BCUT2D eigenvalue weighted by Crippen LogP contribution is 2.48. The van der Waals surface area contributed by atoms with Crippen molar-refractivity contribution in [3.63, 3.8) is 0 Å². The van der Waals surface area contributed by atoms with E-state index in [1.54, 1.807) is 30.3 Å². The minimum Gasteiger partial charge on any atom is -0.396 e. The van der Waals surface area contributed by atoms with Crippen LogP contribution in [-0.2, 0) is 14.6 Å². The summed E-state index contributed by atoms with van der Waals surface area (Å²) in [4.78, 5) is 20.7. The number of aliphatic hydroxyl groups is 2. The number of nitrogens with zero attached hydrogens (tertiary/aromatic N) is 2. The monoisotopic (exact) mass is 513 g/mol. The number of sulfone groups is 1. The first-order chi connectivity index (χ1) is 16.7. The maximum Gasteiger partial charge on any atom is 0.319 e. The Balaban J connectivity index is 1.91. The number of halogens is 2. The van der Waals surface area contributed by atoms with Crippen LogP contribution in [0.2, 0.25) is 0 Å². The molecule has 3 rings (SSSR count). The van der Waals surface area contributed by atoms with Crippen molar-refractivity contribution in [3.05, 3.63) is 36.0 Å². The molecule has 0 aliphatic heterocycles. The van der Waals surface area contributed by atoms with Gasteiger partial charge in [-0.05, 0) is 49.9 Å². The van der Waals surface area contributed by atoms with E-state index >= 15 is 0 Å². The van der Waals surface area contributed by atoms with Crippen molar-refractivity contribution in [1.82, 2.24) is 15.3 Å². The van der Waals surface area contributed by atoms with Gasteiger partial charge in [0.15, 0.2) is 15.7 Å². The molecule has 1 heterocycles. The van der Waals surface area contributed by atoms with Crippen LogP contribution >= 0.6 is 0 Å². The van der Waals surface area contributed by atoms with E-state index in [1.165, 1.54) is 0 Å². The first-order valence-electron chi connectivity index (χ1n) is 11.2. The molecule has 0 spiro atoms. The van der Waals surface area contributed by atoms with E-state index in [4.69, 9.17) is 5.11 Å². The average Bonchev–Trinajstić information content (AvgIpc) is 2.79. The Morgan fingerprint density at radius 2 is 1.83 bits per heavy atom. The summed E-state index contributed by atoms with van der Waals surface area (Å²) in [5, 5.41) is 25.8. The zero-order chi connectivity index (χ0) is 25.5. The number of benzene rings is 1. The van der Waals surface area contributed by atoms with Gasteiger partial charge in [-0.25, -0.2) is 32.0 Å². The third-order valence-electron chi connectivity index (χ3n) is 5.76. The van der Waals surface area contributed by atoms with E-state index in [0.717, 1.165) is 6.42 Å². The van der Waals surface area contributed by atoms with E-state index in [-0.39, 0.29) is 37.8 Å². The fourth-order valence-corrected chi connectivity index (χ4v) is 6.04. The number of amides is 2. The molecule has 1 fully saturated rings. The number of urea groups is 1. The lowest BCUT2D eigenvalue weighted by atomic mass is 9.81. The predicted molar refractivity (Wildman–Crippen MR) is 127 cm³/mol. The van der Waals surface area contributed by atoms with E-state index in [1.807, 2.05) is 5.32 Å². The van der Waals surface area contributed by atoms with Crippen molar-refractivity contribution < 1.29 is 32.2 Å². The van der Waals surface area contributed by atoms with Crippen LogP contribution in [0.25, 0.3) is 11.4 Å². The number of anilines is 2. The molecule has 0 saturated heterocycles. The quantitative estimate of drug-likeness (QED) is 0.289. The average molecular weight is 514 g/mol. The summed E-state index contributed by atoms with van der Waals surface area (Å²) in [5.74, 6) is 0.451. The Bertz CT molecular complexity index is 1110. The van der Waals surface area contributed by atoms with E-state index < -0.39 is 33.6 Å². The van der Waals surface area contributed by atoms with Gasteiger partial charge in [0.25, 0.3) is 6.43 Å². The zero-order valence-electron chi connectivity index (χ0n) is 19.0. The molecule has 192 valence electrons. The topological polar surface area (TPSA) is 154 Å². The van der Waals surface area contributed by atoms with Gasteiger partial charge in [0.2, 0.25) is 0 Å². The molecule has 1 aromatic heterocycles. The van der Waals surface area contributed by atoms with Gasteiger partial charge >= 0.3 is 6.03 Å². The molecule has 0 radical (unpaired) electrons. The van der Waals surface area contributed by atoms with Gasteiger partial charge in [-0.15, -0.1) is 0 Å². The first-order valence-corrected chi connectivity index (χ1v) is 12.9. The minimum absolute atomic E-state index is 0.136. The highest BCUT2D eigenvalue weighted by molar-refractivity contribution is 7.92. The van der Waals surface area contributed by atoms with Crippen LogP contribution in [0.15, 0.2) is 30.3 Å². The number of carbonyl (C=O) groups is 1. The molecule has 0 atom stereocenters. The molecular formula is C22H29F2N5O5S. The van der Waals surface area contributed by atoms with Crippen LogP contribution < -0.4 is 16.0 Å². The molecular weight excluding hydrogens is 484 g/mol. The maximum absolute atomic E-state index is 13.2. The molecule has 1 aliphatic carbocycles. The zero-order valence-corrected chi connectivity index (χ0v) is 19.8. The second kappa shape index (κ2) is 11.7. The van der Waals surface area contributed by atoms with Crippen LogP contribution in [-0.4, -0.2) is 73.1 Å². The van der Waals surface area contributed by atoms with Gasteiger partial charge in [0.05, 0.1) is 24.6 Å². The summed E-state index contributed by atoms with van der Waals surface area (Å²) in [5.41, 5.74) is 1.25. The Labute approximate surface area is 202 Å². The number of hydrogen-bond acceptors (Lipinski definition) is 8. The molecule has 1 aromatic carbocycles. The van der Waals surface area contributed by atoms with Crippen molar-refractivity contribution >= 4 is 27.4 Å². The summed E-state index contributed by atoms with van der Waals surface area (Å²) in [7, 11) is -3.60. The molecule has 1 aliphatic rings. The van der Waals surface area contributed by atoms with E-state index in [9.17, 15) is 27.1 Å². The van der Waals surface area contributed by atoms with Gasteiger partial charge in [-0.2, -0.15) is 0 Å². The van der Waals surface area contributed by atoms with Crippen molar-refractivity contribution in [2.24, 2.45) is 0 Å². The lowest BCUT2D eigenvalue weighted by Gasteiger charge is -2.40. The Kier molecular flexibility index (Phi) is 8.92. The Hall–Kier alpha value is -2.90. The van der Waals surface area contributed by atoms with Crippen molar-refractivity contribution in [2.75, 3.05) is 42.7 Å². The fourth-order valence-electron chi connectivity index (χ4n) is 3.81. The lowest BCUT2D eigenvalue weighted by Crippen LogP contribution is -2.44. The number of rotatable bonds is 12. The molecule has 2 aromatic rings. The minimum atomic E-state index is -3.60. The van der Waals surface area contributed by atoms with Crippen molar-refractivity contribution in [2.45, 2.75) is 36.9 Å². The maximum atomic E-state index is 13.2. The third kappa shape index (κ3) is 6.41. The van der Waals surface area contributed by atoms with Gasteiger partial charge < -0.3 is 26.2 Å². The Morgan fingerprint density at radius 3 is 2.40 bits per heavy atom. The molecule has 35 heavy (non-hydrogen) atoms. The summed E-state index contributed by atoms with van der Waals surface area (Å²) >= 11 is 0. The molecule has 0 bridgehead atoms. The summed E-state index contributed by atoms with van der Waals surface area (Å²) in [6, 6.07) is 7.14. The number of aromatic nitrogens is 2. The molecule has 5 N–H and O–H groups in total. The molecule has 2 amide bonds. The van der Waals surface area contributed by atoms with Crippen LogP contribution in [0, 0.1) is 0 Å². The second-order valence-corrected chi connectivity index (χ2v) is 10.6. The van der Waals surface area contributed by atoms with Crippen molar-refractivity contribution in [3.8, 4) is 11.4 Å². The number of carbonyl (C=O) groups excluding carboxylic acids is 1. The highest BCUT2D eigenvalue weighted by Gasteiger charge is 2.51. The fraction of sp³-hybridized carbons (Fsp3) is 0.500. The molecule has 13 heteroatoms. The largest absolute Gasteiger partial charge is 0.396 e. The van der Waals surface area contributed by atoms with Gasteiger partial charge in [0.1, 0.15) is 10.6 Å². The van der Waals surface area contributed by atoms with Crippen LogP contribution in [0.4, 0.5) is 25.1 Å². The third-order valence-corrected chi connectivity index (χ3v) is 8.39. The van der Waals surface area contributed by atoms with E-state index in [2.05, 4.69) is 20.6 Å². The molecule has 10 nitrogen and oxygen atoms in total. The summed E-state index contributed by atoms with van der Waals surface area (Å²) in [6.07, 6.45) is -0.977. The second-order valence-electron chi connectivity index (χ2n) is 8.16. The SMILES string of the molecule is O=C(NCC(F)F)Nc1ccc(-c2nc(NCCO)cc(C3(S(=O)(=O)CCCO)CCC3)n2)cc1. The lowest BCUT2D eigenvalue weighted by molar-refractivity contribution is 0.148. The smallest absolute Gasteiger partial charge is 0.319 e. The van der Waals surface area contributed by atoms with Crippen LogP contribution in [0.5, 0.6) is 0 Å². The van der Waals surface area contributed by atoms with Crippen molar-refractivity contribution in [1.29, 1.82) is 0 Å². The number of aliphatic hydroxyl groups excluding tert-OH is 2. The number of alkyl halides is 2. The summed E-state index contributed by atoms with van der Waals surface area (Å²) in [6.45, 7) is -0.940. The molecule has 1 saturated carbocycles. The predicted octanol–water partition coefficient (Wildman–Crippen LogP) is 2.11. The normalized spacial score (nSPS) is 14.9. The summed E-state index contributed by atoms with van der Waals surface area (Å²) < 4.78 is 49.7. The Morgan fingerprint density at radius 1 is 1.11 bits per heavy atom. The number of hydrogen-bond donors (Lipinski definition) is 5. The van der Waals surface area contributed by atoms with Gasteiger partial charge in [-0.1, -0.05) is 0 Å². The standard InChI is InChI=1S/C22H29F2N5O5S/c23-18(24)14-26-21(32)27-16-5-3-15(4-6-16)20-28-17(13-19(29-20)25-9-11-31)22(7-1-8-22)35(33,34)12-2-10-30/h3-6,13,18,30-31H,1-2,7-12,14H2,(H,25,28,29)(H2,26,27,32). The van der Waals surface area contributed by atoms with Crippen LogP contribution in [0.3, 0.4) is 0 Å².